The lowest BCUT2D eigenvalue weighted by Gasteiger charge is -2.35. The number of amides is 1. The van der Waals surface area contributed by atoms with Crippen molar-refractivity contribution in [2.24, 2.45) is 5.73 Å². The molecule has 1 aliphatic rings. The Morgan fingerprint density at radius 1 is 1.05 bits per heavy atom. The normalized spacial score (nSPS) is 14.4. The van der Waals surface area contributed by atoms with Gasteiger partial charge in [0.05, 0.1) is 11.6 Å². The van der Waals surface area contributed by atoms with Crippen LogP contribution in [0.25, 0.3) is 0 Å². The van der Waals surface area contributed by atoms with E-state index in [9.17, 15) is 4.79 Å². The SMILES string of the molecule is CC(C)(NC1c2ccccc2Cc2ccccc21)C(N)=O. The maximum absolute atomic E-state index is 11.7. The highest BCUT2D eigenvalue weighted by Gasteiger charge is 2.32. The summed E-state index contributed by atoms with van der Waals surface area (Å²) in [6.45, 7) is 3.66. The number of hydrogen-bond donors (Lipinski definition) is 2. The van der Waals surface area contributed by atoms with Crippen LogP contribution in [0.2, 0.25) is 0 Å². The molecule has 3 N–H and O–H groups in total. The Morgan fingerprint density at radius 3 is 2.00 bits per heavy atom. The highest BCUT2D eigenvalue weighted by Crippen LogP contribution is 2.35. The number of nitrogens with two attached hydrogens (primary N) is 1. The van der Waals surface area contributed by atoms with Crippen LogP contribution < -0.4 is 11.1 Å². The maximum atomic E-state index is 11.7. The third kappa shape index (κ3) is 2.45. The van der Waals surface area contributed by atoms with Gasteiger partial charge in [-0.3, -0.25) is 10.1 Å². The Morgan fingerprint density at radius 2 is 1.52 bits per heavy atom. The summed E-state index contributed by atoms with van der Waals surface area (Å²) in [6, 6.07) is 16.7. The van der Waals surface area contributed by atoms with Gasteiger partial charge in [-0.05, 0) is 42.5 Å². The van der Waals surface area contributed by atoms with Crippen LogP contribution in [-0.2, 0) is 11.2 Å². The zero-order valence-corrected chi connectivity index (χ0v) is 12.4. The average molecular weight is 280 g/mol. The summed E-state index contributed by atoms with van der Waals surface area (Å²) in [5.74, 6) is -0.344. The predicted molar refractivity (Wildman–Crippen MR) is 83.9 cm³/mol. The minimum Gasteiger partial charge on any atom is -0.368 e. The summed E-state index contributed by atoms with van der Waals surface area (Å²) >= 11 is 0. The van der Waals surface area contributed by atoms with Crippen LogP contribution in [0.1, 0.15) is 42.1 Å². The molecule has 0 bridgehead atoms. The second-order valence-electron chi connectivity index (χ2n) is 6.14. The molecule has 0 heterocycles. The molecule has 21 heavy (non-hydrogen) atoms. The number of hydrogen-bond acceptors (Lipinski definition) is 2. The molecule has 2 aromatic rings. The molecule has 2 aromatic carbocycles. The van der Waals surface area contributed by atoms with E-state index in [0.29, 0.717) is 0 Å². The van der Waals surface area contributed by atoms with Crippen LogP contribution >= 0.6 is 0 Å². The van der Waals surface area contributed by atoms with Crippen molar-refractivity contribution in [3.8, 4) is 0 Å². The molecule has 0 aliphatic heterocycles. The molecule has 0 aromatic heterocycles. The van der Waals surface area contributed by atoms with Crippen molar-refractivity contribution < 1.29 is 4.79 Å². The lowest BCUT2D eigenvalue weighted by Crippen LogP contribution is -2.52. The Bertz CT molecular complexity index is 646. The van der Waals surface area contributed by atoms with Crippen molar-refractivity contribution in [3.05, 3.63) is 70.8 Å². The van der Waals surface area contributed by atoms with Gasteiger partial charge < -0.3 is 5.73 Å². The standard InChI is InChI=1S/C18H20N2O/c1-18(2,17(19)21)20-16-14-9-5-3-7-12(14)11-13-8-4-6-10-15(13)16/h3-10,16,20H,11H2,1-2H3,(H2,19,21). The summed E-state index contributed by atoms with van der Waals surface area (Å²) in [5.41, 5.74) is 9.82. The molecule has 0 fully saturated rings. The Labute approximate surface area is 125 Å². The van der Waals surface area contributed by atoms with E-state index >= 15 is 0 Å². The molecule has 0 saturated carbocycles. The van der Waals surface area contributed by atoms with Crippen molar-refractivity contribution in [2.75, 3.05) is 0 Å². The molecule has 1 amide bonds. The minimum atomic E-state index is -0.762. The van der Waals surface area contributed by atoms with E-state index in [1.807, 2.05) is 26.0 Å². The van der Waals surface area contributed by atoms with Gasteiger partial charge in [0.1, 0.15) is 0 Å². The molecule has 108 valence electrons. The number of fused-ring (bicyclic) bond motifs is 2. The number of carbonyl (C=O) groups is 1. The molecular formula is C18H20N2O. The molecule has 3 heteroatoms. The third-order valence-corrected chi connectivity index (χ3v) is 4.23. The van der Waals surface area contributed by atoms with E-state index in [1.54, 1.807) is 0 Å². The van der Waals surface area contributed by atoms with Gasteiger partial charge in [-0.15, -0.1) is 0 Å². The number of primary amides is 1. The van der Waals surface area contributed by atoms with Crippen molar-refractivity contribution in [1.82, 2.24) is 5.32 Å². The van der Waals surface area contributed by atoms with Crippen molar-refractivity contribution in [1.29, 1.82) is 0 Å². The van der Waals surface area contributed by atoms with E-state index in [-0.39, 0.29) is 11.9 Å². The lowest BCUT2D eigenvalue weighted by atomic mass is 9.81. The summed E-state index contributed by atoms with van der Waals surface area (Å²) < 4.78 is 0. The Balaban J connectivity index is 2.09. The number of carbonyl (C=O) groups excluding carboxylic acids is 1. The van der Waals surface area contributed by atoms with Crippen LogP contribution in [0.4, 0.5) is 0 Å². The van der Waals surface area contributed by atoms with Crippen molar-refractivity contribution in [3.63, 3.8) is 0 Å². The predicted octanol–water partition coefficient (Wildman–Crippen LogP) is 2.53. The monoisotopic (exact) mass is 280 g/mol. The van der Waals surface area contributed by atoms with Crippen LogP contribution in [-0.4, -0.2) is 11.4 Å². The van der Waals surface area contributed by atoms with Crippen LogP contribution in [0.3, 0.4) is 0 Å². The van der Waals surface area contributed by atoms with Gasteiger partial charge in [0.15, 0.2) is 0 Å². The first-order chi connectivity index (χ1) is 9.99. The smallest absolute Gasteiger partial charge is 0.237 e. The van der Waals surface area contributed by atoms with E-state index in [2.05, 4.69) is 41.7 Å². The van der Waals surface area contributed by atoms with Crippen LogP contribution in [0.5, 0.6) is 0 Å². The first-order valence-electron chi connectivity index (χ1n) is 7.22. The Hall–Kier alpha value is -2.13. The van der Waals surface area contributed by atoms with Crippen LogP contribution in [0, 0.1) is 0 Å². The highest BCUT2D eigenvalue weighted by molar-refractivity contribution is 5.83. The molecule has 3 nitrogen and oxygen atoms in total. The second-order valence-corrected chi connectivity index (χ2v) is 6.14. The molecule has 0 saturated heterocycles. The molecule has 0 radical (unpaired) electrons. The van der Waals surface area contributed by atoms with E-state index in [0.717, 1.165) is 6.42 Å². The molecule has 0 unspecified atom stereocenters. The zero-order chi connectivity index (χ0) is 15.0. The third-order valence-electron chi connectivity index (χ3n) is 4.23. The largest absolute Gasteiger partial charge is 0.368 e. The van der Waals surface area contributed by atoms with Gasteiger partial charge in [-0.2, -0.15) is 0 Å². The van der Waals surface area contributed by atoms with E-state index < -0.39 is 5.54 Å². The highest BCUT2D eigenvalue weighted by atomic mass is 16.1. The number of nitrogens with one attached hydrogen (secondary N) is 1. The summed E-state index contributed by atoms with van der Waals surface area (Å²) in [5, 5.41) is 3.43. The maximum Gasteiger partial charge on any atom is 0.237 e. The van der Waals surface area contributed by atoms with Gasteiger partial charge >= 0.3 is 0 Å². The zero-order valence-electron chi connectivity index (χ0n) is 12.4. The average Bonchev–Trinajstić information content (AvgIpc) is 2.46. The number of benzene rings is 2. The topological polar surface area (TPSA) is 55.1 Å². The number of rotatable bonds is 3. The summed E-state index contributed by atoms with van der Waals surface area (Å²) in [6.07, 6.45) is 0.932. The molecule has 1 aliphatic carbocycles. The van der Waals surface area contributed by atoms with Gasteiger partial charge in [-0.25, -0.2) is 0 Å². The van der Waals surface area contributed by atoms with Gasteiger partial charge in [0, 0.05) is 0 Å². The fraction of sp³-hybridized carbons (Fsp3) is 0.278. The fourth-order valence-electron chi connectivity index (χ4n) is 2.91. The Kier molecular flexibility index (Phi) is 3.30. The minimum absolute atomic E-state index is 0.00588. The van der Waals surface area contributed by atoms with Crippen molar-refractivity contribution in [2.45, 2.75) is 31.8 Å². The summed E-state index contributed by atoms with van der Waals surface area (Å²) in [4.78, 5) is 11.7. The van der Waals surface area contributed by atoms with Crippen molar-refractivity contribution >= 4 is 5.91 Å². The lowest BCUT2D eigenvalue weighted by molar-refractivity contribution is -0.123. The molecule has 0 atom stereocenters. The van der Waals surface area contributed by atoms with Gasteiger partial charge in [0.25, 0.3) is 0 Å². The first-order valence-corrected chi connectivity index (χ1v) is 7.22. The van der Waals surface area contributed by atoms with E-state index in [4.69, 9.17) is 5.73 Å². The van der Waals surface area contributed by atoms with Crippen LogP contribution in [0.15, 0.2) is 48.5 Å². The summed E-state index contributed by atoms with van der Waals surface area (Å²) in [7, 11) is 0. The van der Waals surface area contributed by atoms with E-state index in [1.165, 1.54) is 22.3 Å². The molecule has 0 spiro atoms. The first kappa shape index (κ1) is 13.8. The molecular weight excluding hydrogens is 260 g/mol. The molecule has 3 rings (SSSR count). The fourth-order valence-corrected chi connectivity index (χ4v) is 2.91. The van der Waals surface area contributed by atoms with Gasteiger partial charge in [-0.1, -0.05) is 48.5 Å². The quantitative estimate of drug-likeness (QED) is 0.907. The van der Waals surface area contributed by atoms with Gasteiger partial charge in [0.2, 0.25) is 5.91 Å². The second kappa shape index (κ2) is 5.01.